The lowest BCUT2D eigenvalue weighted by molar-refractivity contribution is 0.0925. The summed E-state index contributed by atoms with van der Waals surface area (Å²) in [5.74, 6) is 1.65. The van der Waals surface area contributed by atoms with Gasteiger partial charge in [0.2, 0.25) is 0 Å². The minimum atomic E-state index is -0.444. The molecule has 1 saturated heterocycles. The Labute approximate surface area is 125 Å². The van der Waals surface area contributed by atoms with E-state index in [9.17, 15) is 5.11 Å². The second-order valence-corrected chi connectivity index (χ2v) is 6.15. The number of β-amino-alcohol motifs (C(OH)–C–C–N with tert-alkyl or cyclic N) is 1. The van der Waals surface area contributed by atoms with Gasteiger partial charge in [-0.3, -0.25) is 0 Å². The maximum absolute atomic E-state index is 10.6. The molecule has 0 aliphatic carbocycles. The van der Waals surface area contributed by atoms with Gasteiger partial charge in [0.15, 0.2) is 0 Å². The number of ether oxygens (including phenoxy) is 1. The first kappa shape index (κ1) is 14.4. The van der Waals surface area contributed by atoms with Crippen molar-refractivity contribution in [1.29, 1.82) is 0 Å². The number of likely N-dealkylation sites (tertiary alicyclic amines) is 1. The van der Waals surface area contributed by atoms with Crippen molar-refractivity contribution in [1.82, 2.24) is 9.88 Å². The van der Waals surface area contributed by atoms with Gasteiger partial charge in [-0.05, 0) is 44.0 Å². The molecule has 1 aromatic carbocycles. The van der Waals surface area contributed by atoms with Crippen LogP contribution in [0.15, 0.2) is 24.4 Å². The minimum absolute atomic E-state index is 0.444. The van der Waals surface area contributed by atoms with Gasteiger partial charge in [0.05, 0.1) is 13.2 Å². The molecule has 0 amide bonds. The van der Waals surface area contributed by atoms with Crippen molar-refractivity contribution in [3.8, 4) is 5.75 Å². The molecular formula is C17H24N2O2. The van der Waals surface area contributed by atoms with E-state index in [1.54, 1.807) is 7.11 Å². The standard InChI is InChI=1S/C17H24N2O2/c1-12-5-7-19(8-6-12)11-17(20)15-10-18-16-9-13(21-2)3-4-14(15)16/h3-4,9-10,12,17-18,20H,5-8,11H2,1-2H3. The Morgan fingerprint density at radius 2 is 2.14 bits per heavy atom. The van der Waals surface area contributed by atoms with Crippen LogP contribution < -0.4 is 4.74 Å². The molecule has 1 unspecified atom stereocenters. The van der Waals surface area contributed by atoms with E-state index in [1.165, 1.54) is 12.8 Å². The van der Waals surface area contributed by atoms with Gasteiger partial charge in [-0.15, -0.1) is 0 Å². The Morgan fingerprint density at radius 1 is 1.38 bits per heavy atom. The van der Waals surface area contributed by atoms with Gasteiger partial charge in [0, 0.05) is 35.3 Å². The summed E-state index contributed by atoms with van der Waals surface area (Å²) in [6, 6.07) is 5.92. The van der Waals surface area contributed by atoms with Crippen LogP contribution in [0.25, 0.3) is 10.9 Å². The highest BCUT2D eigenvalue weighted by molar-refractivity contribution is 5.84. The average Bonchev–Trinajstić information content (AvgIpc) is 2.92. The zero-order chi connectivity index (χ0) is 14.8. The number of aromatic amines is 1. The van der Waals surface area contributed by atoms with Crippen LogP contribution in [0.4, 0.5) is 0 Å². The summed E-state index contributed by atoms with van der Waals surface area (Å²) in [6.45, 7) is 5.20. The molecule has 0 saturated carbocycles. The number of piperidine rings is 1. The third-order valence-electron chi connectivity index (χ3n) is 4.59. The zero-order valence-corrected chi connectivity index (χ0v) is 12.8. The molecule has 4 nitrogen and oxygen atoms in total. The van der Waals surface area contributed by atoms with Crippen LogP contribution >= 0.6 is 0 Å². The Hall–Kier alpha value is -1.52. The first-order valence-electron chi connectivity index (χ1n) is 7.73. The van der Waals surface area contributed by atoms with Gasteiger partial charge in [-0.1, -0.05) is 6.92 Å². The molecule has 1 fully saturated rings. The Morgan fingerprint density at radius 3 is 2.86 bits per heavy atom. The Kier molecular flexibility index (Phi) is 4.17. The van der Waals surface area contributed by atoms with E-state index in [2.05, 4.69) is 16.8 Å². The smallest absolute Gasteiger partial charge is 0.120 e. The minimum Gasteiger partial charge on any atom is -0.497 e. The van der Waals surface area contributed by atoms with Crippen molar-refractivity contribution in [3.05, 3.63) is 30.0 Å². The van der Waals surface area contributed by atoms with Crippen molar-refractivity contribution in [2.75, 3.05) is 26.7 Å². The van der Waals surface area contributed by atoms with E-state index in [0.29, 0.717) is 6.54 Å². The topological polar surface area (TPSA) is 48.5 Å². The summed E-state index contributed by atoms with van der Waals surface area (Å²) in [5.41, 5.74) is 1.99. The molecule has 1 aromatic heterocycles. The van der Waals surface area contributed by atoms with Crippen molar-refractivity contribution in [2.45, 2.75) is 25.9 Å². The fraction of sp³-hybridized carbons (Fsp3) is 0.529. The van der Waals surface area contributed by atoms with E-state index in [1.807, 2.05) is 24.4 Å². The fourth-order valence-electron chi connectivity index (χ4n) is 3.12. The van der Waals surface area contributed by atoms with Crippen molar-refractivity contribution in [3.63, 3.8) is 0 Å². The molecule has 1 atom stereocenters. The van der Waals surface area contributed by atoms with Crippen LogP contribution in [0.2, 0.25) is 0 Å². The number of methoxy groups -OCH3 is 1. The number of nitrogens with one attached hydrogen (secondary N) is 1. The zero-order valence-electron chi connectivity index (χ0n) is 12.8. The van der Waals surface area contributed by atoms with Crippen molar-refractivity contribution in [2.24, 2.45) is 5.92 Å². The van der Waals surface area contributed by atoms with Gasteiger partial charge in [-0.25, -0.2) is 0 Å². The summed E-state index contributed by atoms with van der Waals surface area (Å²) in [4.78, 5) is 5.60. The number of nitrogens with zero attached hydrogens (tertiary/aromatic N) is 1. The fourth-order valence-corrected chi connectivity index (χ4v) is 3.12. The average molecular weight is 288 g/mol. The summed E-state index contributed by atoms with van der Waals surface area (Å²) in [5, 5.41) is 11.6. The molecule has 0 radical (unpaired) electrons. The maximum Gasteiger partial charge on any atom is 0.120 e. The van der Waals surface area contributed by atoms with Crippen LogP contribution in [-0.2, 0) is 0 Å². The number of aliphatic hydroxyl groups is 1. The number of benzene rings is 1. The molecule has 21 heavy (non-hydrogen) atoms. The molecule has 1 aliphatic heterocycles. The van der Waals surface area contributed by atoms with Crippen molar-refractivity contribution >= 4 is 10.9 Å². The predicted molar refractivity (Wildman–Crippen MR) is 84.6 cm³/mol. The molecule has 1 aliphatic rings. The number of rotatable bonds is 4. The van der Waals surface area contributed by atoms with E-state index < -0.39 is 6.10 Å². The Bertz CT molecular complexity index is 600. The third-order valence-corrected chi connectivity index (χ3v) is 4.59. The highest BCUT2D eigenvalue weighted by Crippen LogP contribution is 2.28. The first-order chi connectivity index (χ1) is 10.2. The largest absolute Gasteiger partial charge is 0.497 e. The van der Waals surface area contributed by atoms with Crippen LogP contribution in [0.5, 0.6) is 5.75 Å². The number of H-pyrrole nitrogens is 1. The lowest BCUT2D eigenvalue weighted by atomic mass is 9.98. The number of aromatic nitrogens is 1. The van der Waals surface area contributed by atoms with Crippen LogP contribution in [0.1, 0.15) is 31.4 Å². The van der Waals surface area contributed by atoms with Gasteiger partial charge >= 0.3 is 0 Å². The van der Waals surface area contributed by atoms with E-state index in [-0.39, 0.29) is 0 Å². The number of hydrogen-bond acceptors (Lipinski definition) is 3. The van der Waals surface area contributed by atoms with Gasteiger partial charge in [0.1, 0.15) is 5.75 Å². The van der Waals surface area contributed by atoms with Crippen LogP contribution in [0, 0.1) is 5.92 Å². The Balaban J connectivity index is 1.74. The molecular weight excluding hydrogens is 264 g/mol. The first-order valence-corrected chi connectivity index (χ1v) is 7.73. The lowest BCUT2D eigenvalue weighted by Gasteiger charge is -2.31. The summed E-state index contributed by atoms with van der Waals surface area (Å²) in [7, 11) is 1.66. The van der Waals surface area contributed by atoms with E-state index in [0.717, 1.165) is 41.2 Å². The number of hydrogen-bond donors (Lipinski definition) is 2. The summed E-state index contributed by atoms with van der Waals surface area (Å²) in [6.07, 6.45) is 3.94. The van der Waals surface area contributed by atoms with E-state index in [4.69, 9.17) is 4.74 Å². The van der Waals surface area contributed by atoms with Gasteiger partial charge < -0.3 is 19.7 Å². The molecule has 0 spiro atoms. The van der Waals surface area contributed by atoms with E-state index >= 15 is 0 Å². The highest BCUT2D eigenvalue weighted by atomic mass is 16.5. The number of fused-ring (bicyclic) bond motifs is 1. The molecule has 2 heterocycles. The molecule has 2 N–H and O–H groups in total. The summed E-state index contributed by atoms with van der Waals surface area (Å²) >= 11 is 0. The molecule has 114 valence electrons. The monoisotopic (exact) mass is 288 g/mol. The molecule has 4 heteroatoms. The quantitative estimate of drug-likeness (QED) is 0.909. The van der Waals surface area contributed by atoms with Crippen LogP contribution in [-0.4, -0.2) is 41.7 Å². The summed E-state index contributed by atoms with van der Waals surface area (Å²) < 4.78 is 5.23. The SMILES string of the molecule is COc1ccc2c(C(O)CN3CCC(C)CC3)c[nH]c2c1. The second kappa shape index (κ2) is 6.08. The van der Waals surface area contributed by atoms with Gasteiger partial charge in [0.25, 0.3) is 0 Å². The normalized spacial score (nSPS) is 19.0. The second-order valence-electron chi connectivity index (χ2n) is 6.15. The molecule has 0 bridgehead atoms. The van der Waals surface area contributed by atoms with Gasteiger partial charge in [-0.2, -0.15) is 0 Å². The third kappa shape index (κ3) is 3.06. The molecule has 2 aromatic rings. The maximum atomic E-state index is 10.6. The predicted octanol–water partition coefficient (Wildman–Crippen LogP) is 2.94. The van der Waals surface area contributed by atoms with Crippen molar-refractivity contribution < 1.29 is 9.84 Å². The number of aliphatic hydroxyl groups excluding tert-OH is 1. The highest BCUT2D eigenvalue weighted by Gasteiger charge is 2.20. The molecule has 3 rings (SSSR count). The lowest BCUT2D eigenvalue weighted by Crippen LogP contribution is -2.35. The van der Waals surface area contributed by atoms with Crippen LogP contribution in [0.3, 0.4) is 0 Å².